The van der Waals surface area contributed by atoms with Crippen LogP contribution in [0.25, 0.3) is 0 Å². The van der Waals surface area contributed by atoms with Gasteiger partial charge in [-0.2, -0.15) is 0 Å². The Balaban J connectivity index is 0.00000242. The SMILES string of the molecule is Cl.OC(CNCc1ccc(F)cc1)CSc1ccc(F)cc1. The zero-order chi connectivity index (χ0) is 15.1. The molecule has 2 aromatic rings. The maximum Gasteiger partial charge on any atom is 0.123 e. The molecule has 120 valence electrons. The topological polar surface area (TPSA) is 32.3 Å². The van der Waals surface area contributed by atoms with E-state index in [9.17, 15) is 13.9 Å². The highest BCUT2D eigenvalue weighted by Gasteiger charge is 2.05. The van der Waals surface area contributed by atoms with Gasteiger partial charge in [0.15, 0.2) is 0 Å². The Hall–Kier alpha value is -1.14. The average Bonchev–Trinajstić information content (AvgIpc) is 2.49. The molecule has 2 aromatic carbocycles. The van der Waals surface area contributed by atoms with Crippen molar-refractivity contribution in [1.82, 2.24) is 5.32 Å². The Morgan fingerprint density at radius 3 is 2.09 bits per heavy atom. The Morgan fingerprint density at radius 2 is 1.50 bits per heavy atom. The van der Waals surface area contributed by atoms with Crippen molar-refractivity contribution < 1.29 is 13.9 Å². The van der Waals surface area contributed by atoms with Crippen LogP contribution >= 0.6 is 24.2 Å². The zero-order valence-corrected chi connectivity index (χ0v) is 13.5. The predicted molar refractivity (Wildman–Crippen MR) is 88.5 cm³/mol. The maximum atomic E-state index is 12.7. The van der Waals surface area contributed by atoms with Crippen LogP contribution in [0.1, 0.15) is 5.56 Å². The van der Waals surface area contributed by atoms with Crippen molar-refractivity contribution >= 4 is 24.2 Å². The number of aliphatic hydroxyl groups excluding tert-OH is 1. The summed E-state index contributed by atoms with van der Waals surface area (Å²) in [4.78, 5) is 0.925. The van der Waals surface area contributed by atoms with Crippen molar-refractivity contribution in [1.29, 1.82) is 0 Å². The summed E-state index contributed by atoms with van der Waals surface area (Å²) in [5.74, 6) is 0.0116. The highest BCUT2D eigenvalue weighted by Crippen LogP contribution is 2.18. The molecular formula is C16H18ClF2NOS. The van der Waals surface area contributed by atoms with Gasteiger partial charge in [-0.25, -0.2) is 8.78 Å². The summed E-state index contributed by atoms with van der Waals surface area (Å²) in [6.07, 6.45) is -0.500. The molecule has 0 aliphatic carbocycles. The number of rotatable bonds is 7. The fourth-order valence-corrected chi connectivity index (χ4v) is 2.60. The van der Waals surface area contributed by atoms with Gasteiger partial charge < -0.3 is 10.4 Å². The molecule has 0 amide bonds. The fourth-order valence-electron chi connectivity index (χ4n) is 1.77. The van der Waals surface area contributed by atoms with Crippen LogP contribution in [0.4, 0.5) is 8.78 Å². The molecule has 1 atom stereocenters. The lowest BCUT2D eigenvalue weighted by atomic mass is 10.2. The highest BCUT2D eigenvalue weighted by molar-refractivity contribution is 7.99. The second-order valence-electron chi connectivity index (χ2n) is 4.68. The van der Waals surface area contributed by atoms with Gasteiger partial charge in [0.1, 0.15) is 11.6 Å². The van der Waals surface area contributed by atoms with E-state index in [-0.39, 0.29) is 24.0 Å². The number of benzene rings is 2. The number of nitrogens with one attached hydrogen (secondary N) is 1. The average molecular weight is 346 g/mol. The second kappa shape index (κ2) is 9.79. The summed E-state index contributed by atoms with van der Waals surface area (Å²) in [6.45, 7) is 1.03. The molecule has 1 unspecified atom stereocenters. The first kappa shape index (κ1) is 18.9. The molecule has 0 heterocycles. The Labute approximate surface area is 139 Å². The molecule has 0 aliphatic heterocycles. The first-order chi connectivity index (χ1) is 10.1. The van der Waals surface area contributed by atoms with E-state index in [2.05, 4.69) is 5.32 Å². The van der Waals surface area contributed by atoms with Crippen molar-refractivity contribution in [2.24, 2.45) is 0 Å². The van der Waals surface area contributed by atoms with Crippen LogP contribution in [0.3, 0.4) is 0 Å². The van der Waals surface area contributed by atoms with E-state index in [4.69, 9.17) is 0 Å². The smallest absolute Gasteiger partial charge is 0.123 e. The first-order valence-electron chi connectivity index (χ1n) is 6.65. The third kappa shape index (κ3) is 6.75. The molecule has 0 spiro atoms. The van der Waals surface area contributed by atoms with Gasteiger partial charge in [-0.3, -0.25) is 0 Å². The number of hydrogen-bond donors (Lipinski definition) is 2. The lowest BCUT2D eigenvalue weighted by Crippen LogP contribution is -2.28. The molecule has 0 bridgehead atoms. The normalized spacial score (nSPS) is 11.8. The third-order valence-corrected chi connectivity index (χ3v) is 4.04. The summed E-state index contributed by atoms with van der Waals surface area (Å²) in [6, 6.07) is 12.4. The summed E-state index contributed by atoms with van der Waals surface area (Å²) in [7, 11) is 0. The molecule has 2 N–H and O–H groups in total. The molecule has 0 aliphatic rings. The van der Waals surface area contributed by atoms with E-state index in [1.807, 2.05) is 0 Å². The van der Waals surface area contributed by atoms with Crippen LogP contribution in [0.2, 0.25) is 0 Å². The monoisotopic (exact) mass is 345 g/mol. The molecule has 0 aromatic heterocycles. The number of thioether (sulfide) groups is 1. The van der Waals surface area contributed by atoms with E-state index in [1.165, 1.54) is 36.0 Å². The summed E-state index contributed by atoms with van der Waals surface area (Å²) in [5, 5.41) is 13.0. The van der Waals surface area contributed by atoms with Crippen LogP contribution in [0, 0.1) is 11.6 Å². The molecule has 0 saturated heterocycles. The van der Waals surface area contributed by atoms with Crippen LogP contribution in [0.5, 0.6) is 0 Å². The van der Waals surface area contributed by atoms with Gasteiger partial charge in [0.25, 0.3) is 0 Å². The first-order valence-corrected chi connectivity index (χ1v) is 7.63. The lowest BCUT2D eigenvalue weighted by molar-refractivity contribution is 0.195. The van der Waals surface area contributed by atoms with Crippen LogP contribution in [-0.2, 0) is 6.54 Å². The molecule has 0 fully saturated rings. The standard InChI is InChI=1S/C16H17F2NOS.ClH/c17-13-3-1-12(2-4-13)9-19-10-15(20)11-21-16-7-5-14(18)6-8-16;/h1-8,15,19-20H,9-11H2;1H. The van der Waals surface area contributed by atoms with Crippen molar-refractivity contribution in [3.63, 3.8) is 0 Å². The predicted octanol–water partition coefficient (Wildman–Crippen LogP) is 3.63. The third-order valence-electron chi connectivity index (χ3n) is 2.88. The Kier molecular flexibility index (Phi) is 8.42. The van der Waals surface area contributed by atoms with Crippen LogP contribution in [0.15, 0.2) is 53.4 Å². The number of halogens is 3. The second-order valence-corrected chi connectivity index (χ2v) is 5.77. The van der Waals surface area contributed by atoms with Crippen molar-refractivity contribution in [2.45, 2.75) is 17.5 Å². The number of aliphatic hydroxyl groups is 1. The van der Waals surface area contributed by atoms with Gasteiger partial charge in [0, 0.05) is 23.7 Å². The minimum absolute atomic E-state index is 0. The molecule has 22 heavy (non-hydrogen) atoms. The minimum atomic E-state index is -0.500. The highest BCUT2D eigenvalue weighted by atomic mass is 35.5. The summed E-state index contributed by atoms with van der Waals surface area (Å²) >= 11 is 1.48. The van der Waals surface area contributed by atoms with Crippen LogP contribution < -0.4 is 5.32 Å². The lowest BCUT2D eigenvalue weighted by Gasteiger charge is -2.11. The molecular weight excluding hydrogens is 328 g/mol. The van der Waals surface area contributed by atoms with E-state index in [0.29, 0.717) is 18.8 Å². The molecule has 0 saturated carbocycles. The van der Waals surface area contributed by atoms with E-state index < -0.39 is 6.10 Å². The quantitative estimate of drug-likeness (QED) is 0.752. The summed E-state index contributed by atoms with van der Waals surface area (Å²) < 4.78 is 25.5. The van der Waals surface area contributed by atoms with Gasteiger partial charge in [-0.05, 0) is 42.0 Å². The van der Waals surface area contributed by atoms with E-state index in [0.717, 1.165) is 10.5 Å². The van der Waals surface area contributed by atoms with E-state index >= 15 is 0 Å². The molecule has 2 nitrogen and oxygen atoms in total. The molecule has 6 heteroatoms. The molecule has 2 rings (SSSR count). The zero-order valence-electron chi connectivity index (χ0n) is 11.8. The number of hydrogen-bond acceptors (Lipinski definition) is 3. The Morgan fingerprint density at radius 1 is 0.955 bits per heavy atom. The summed E-state index contributed by atoms with van der Waals surface area (Å²) in [5.41, 5.74) is 0.967. The fraction of sp³-hybridized carbons (Fsp3) is 0.250. The Bertz CT molecular complexity index is 551. The van der Waals surface area contributed by atoms with Crippen molar-refractivity contribution in [3.8, 4) is 0 Å². The van der Waals surface area contributed by atoms with Gasteiger partial charge in [-0.15, -0.1) is 24.2 Å². The maximum absolute atomic E-state index is 12.7. The van der Waals surface area contributed by atoms with Gasteiger partial charge >= 0.3 is 0 Å². The minimum Gasteiger partial charge on any atom is -0.391 e. The molecule has 0 radical (unpaired) electrons. The van der Waals surface area contributed by atoms with Gasteiger partial charge in [0.05, 0.1) is 6.10 Å². The van der Waals surface area contributed by atoms with E-state index in [1.54, 1.807) is 24.3 Å². The van der Waals surface area contributed by atoms with Crippen molar-refractivity contribution in [2.75, 3.05) is 12.3 Å². The van der Waals surface area contributed by atoms with Gasteiger partial charge in [0.2, 0.25) is 0 Å². The largest absolute Gasteiger partial charge is 0.391 e. The van der Waals surface area contributed by atoms with Crippen LogP contribution in [-0.4, -0.2) is 23.5 Å². The van der Waals surface area contributed by atoms with Gasteiger partial charge in [-0.1, -0.05) is 12.1 Å². The van der Waals surface area contributed by atoms with Crippen molar-refractivity contribution in [3.05, 3.63) is 65.7 Å².